The molecule has 132 valence electrons. The summed E-state index contributed by atoms with van der Waals surface area (Å²) in [6, 6.07) is 0. The van der Waals surface area contributed by atoms with Gasteiger partial charge >= 0.3 is 6.18 Å². The Morgan fingerprint density at radius 2 is 2.00 bits per heavy atom. The van der Waals surface area contributed by atoms with Crippen molar-refractivity contribution in [2.24, 2.45) is 17.8 Å². The van der Waals surface area contributed by atoms with Crippen LogP contribution in [0.1, 0.15) is 46.5 Å². The van der Waals surface area contributed by atoms with E-state index in [1.54, 1.807) is 6.92 Å². The molecule has 0 aromatic heterocycles. The summed E-state index contributed by atoms with van der Waals surface area (Å²) in [5, 5.41) is 0. The SMILES string of the molecule is CO[C@@H]1C(=O)CC[C@H](C(=O)C(F)(F)F)[C@H]1/C(C)=C/CCC(C)C. The molecule has 1 aliphatic carbocycles. The molecule has 0 bridgehead atoms. The third kappa shape index (κ3) is 5.16. The lowest BCUT2D eigenvalue weighted by Crippen LogP contribution is -2.47. The Balaban J connectivity index is 3.08. The first-order chi connectivity index (χ1) is 10.6. The summed E-state index contributed by atoms with van der Waals surface area (Å²) in [5.41, 5.74) is 0.633. The molecule has 0 heterocycles. The molecule has 0 aliphatic heterocycles. The number of methoxy groups -OCH3 is 1. The number of Topliss-reactive ketones (excluding diaryl/α,β-unsaturated/α-hetero) is 2. The average Bonchev–Trinajstić information content (AvgIpc) is 2.44. The molecule has 0 spiro atoms. The second-order valence-corrected chi connectivity index (χ2v) is 6.57. The standard InChI is InChI=1S/C17H25F3O3/c1-10(2)6-5-7-11(3)14-12(16(22)17(18,19)20)8-9-13(21)15(14)23-4/h7,10,12,14-15H,5-6,8-9H2,1-4H3/b11-7+/t12-,14+,15+/m0/s1. The second kappa shape index (κ2) is 8.08. The van der Waals surface area contributed by atoms with E-state index in [1.165, 1.54) is 7.11 Å². The molecule has 0 aromatic rings. The van der Waals surface area contributed by atoms with Crippen molar-refractivity contribution in [2.75, 3.05) is 7.11 Å². The van der Waals surface area contributed by atoms with E-state index in [-0.39, 0.29) is 18.6 Å². The smallest absolute Gasteiger partial charge is 0.373 e. The summed E-state index contributed by atoms with van der Waals surface area (Å²) in [4.78, 5) is 23.8. The van der Waals surface area contributed by atoms with E-state index in [0.29, 0.717) is 17.9 Å². The summed E-state index contributed by atoms with van der Waals surface area (Å²) < 4.78 is 43.7. The molecule has 1 saturated carbocycles. The van der Waals surface area contributed by atoms with E-state index >= 15 is 0 Å². The number of carbonyl (C=O) groups excluding carboxylic acids is 2. The third-order valence-electron chi connectivity index (χ3n) is 4.38. The van der Waals surface area contributed by atoms with Gasteiger partial charge in [0.1, 0.15) is 6.10 Å². The predicted octanol–water partition coefficient (Wildman–Crippen LogP) is 4.11. The van der Waals surface area contributed by atoms with Gasteiger partial charge in [0.2, 0.25) is 5.78 Å². The first-order valence-electron chi connectivity index (χ1n) is 7.92. The van der Waals surface area contributed by atoms with Gasteiger partial charge in [-0.05, 0) is 32.1 Å². The Morgan fingerprint density at radius 1 is 1.39 bits per heavy atom. The lowest BCUT2D eigenvalue weighted by Gasteiger charge is -2.36. The van der Waals surface area contributed by atoms with Crippen molar-refractivity contribution in [1.82, 2.24) is 0 Å². The van der Waals surface area contributed by atoms with Gasteiger partial charge in [0.05, 0.1) is 0 Å². The van der Waals surface area contributed by atoms with Gasteiger partial charge in [0.15, 0.2) is 5.78 Å². The number of ketones is 2. The Morgan fingerprint density at radius 3 is 2.48 bits per heavy atom. The fourth-order valence-electron chi connectivity index (χ4n) is 3.15. The highest BCUT2D eigenvalue weighted by molar-refractivity contribution is 5.92. The number of carbonyl (C=O) groups is 2. The fourth-order valence-corrected chi connectivity index (χ4v) is 3.15. The van der Waals surface area contributed by atoms with Crippen molar-refractivity contribution in [2.45, 2.75) is 58.7 Å². The van der Waals surface area contributed by atoms with Crippen LogP contribution in [-0.2, 0) is 14.3 Å². The van der Waals surface area contributed by atoms with Gasteiger partial charge in [-0.25, -0.2) is 0 Å². The Bertz CT molecular complexity index is 466. The molecule has 6 heteroatoms. The van der Waals surface area contributed by atoms with Crippen LogP contribution >= 0.6 is 0 Å². The number of halogens is 3. The first kappa shape index (κ1) is 19.9. The zero-order chi connectivity index (χ0) is 17.8. The summed E-state index contributed by atoms with van der Waals surface area (Å²) in [6.45, 7) is 5.80. The van der Waals surface area contributed by atoms with E-state index in [0.717, 1.165) is 6.42 Å². The van der Waals surface area contributed by atoms with Crippen LogP contribution in [0.25, 0.3) is 0 Å². The zero-order valence-electron chi connectivity index (χ0n) is 14.1. The van der Waals surface area contributed by atoms with Crippen LogP contribution in [0.3, 0.4) is 0 Å². The Kier molecular flexibility index (Phi) is 6.99. The van der Waals surface area contributed by atoms with E-state index in [1.807, 2.05) is 6.08 Å². The molecule has 0 N–H and O–H groups in total. The van der Waals surface area contributed by atoms with Crippen molar-refractivity contribution < 1.29 is 27.5 Å². The molecule has 1 fully saturated rings. The topological polar surface area (TPSA) is 43.4 Å². The Hall–Kier alpha value is -1.17. The van der Waals surface area contributed by atoms with Crippen LogP contribution in [-0.4, -0.2) is 31.0 Å². The minimum absolute atomic E-state index is 0.0548. The molecule has 0 aromatic carbocycles. The van der Waals surface area contributed by atoms with E-state index in [4.69, 9.17) is 4.74 Å². The first-order valence-corrected chi connectivity index (χ1v) is 7.92. The number of hydrogen-bond donors (Lipinski definition) is 0. The van der Waals surface area contributed by atoms with Crippen molar-refractivity contribution >= 4 is 11.6 Å². The van der Waals surface area contributed by atoms with Gasteiger partial charge < -0.3 is 4.74 Å². The third-order valence-corrected chi connectivity index (χ3v) is 4.38. The van der Waals surface area contributed by atoms with Gasteiger partial charge in [-0.3, -0.25) is 9.59 Å². The number of ether oxygens (including phenoxy) is 1. The van der Waals surface area contributed by atoms with Gasteiger partial charge in [-0.1, -0.05) is 25.5 Å². The normalized spacial score (nSPS) is 26.7. The molecule has 0 amide bonds. The summed E-state index contributed by atoms with van der Waals surface area (Å²) in [7, 11) is 1.30. The molecule has 0 unspecified atom stereocenters. The molecular weight excluding hydrogens is 309 g/mol. The maximum absolute atomic E-state index is 12.9. The van der Waals surface area contributed by atoms with Crippen LogP contribution in [0.2, 0.25) is 0 Å². The summed E-state index contributed by atoms with van der Waals surface area (Å²) >= 11 is 0. The number of rotatable bonds is 6. The van der Waals surface area contributed by atoms with Crippen LogP contribution in [0.15, 0.2) is 11.6 Å². The van der Waals surface area contributed by atoms with E-state index in [9.17, 15) is 22.8 Å². The van der Waals surface area contributed by atoms with Crippen molar-refractivity contribution in [3.8, 4) is 0 Å². The fraction of sp³-hybridized carbons (Fsp3) is 0.765. The number of allylic oxidation sites excluding steroid dienone is 1. The van der Waals surface area contributed by atoms with Crippen LogP contribution < -0.4 is 0 Å². The molecular formula is C17H25F3O3. The molecule has 0 saturated heterocycles. The lowest BCUT2D eigenvalue weighted by molar-refractivity contribution is -0.180. The predicted molar refractivity (Wildman–Crippen MR) is 80.9 cm³/mol. The molecule has 1 aliphatic rings. The number of hydrogen-bond acceptors (Lipinski definition) is 3. The maximum Gasteiger partial charge on any atom is 0.450 e. The molecule has 0 radical (unpaired) electrons. The monoisotopic (exact) mass is 334 g/mol. The quantitative estimate of drug-likeness (QED) is 0.687. The van der Waals surface area contributed by atoms with Crippen molar-refractivity contribution in [3.05, 3.63) is 11.6 Å². The van der Waals surface area contributed by atoms with Crippen LogP contribution in [0.5, 0.6) is 0 Å². The van der Waals surface area contributed by atoms with Gasteiger partial charge in [-0.2, -0.15) is 13.2 Å². The molecule has 3 atom stereocenters. The second-order valence-electron chi connectivity index (χ2n) is 6.57. The van der Waals surface area contributed by atoms with Crippen molar-refractivity contribution in [1.29, 1.82) is 0 Å². The highest BCUT2D eigenvalue weighted by Crippen LogP contribution is 2.39. The maximum atomic E-state index is 12.9. The lowest BCUT2D eigenvalue weighted by atomic mass is 9.70. The van der Waals surface area contributed by atoms with Gasteiger partial charge in [0.25, 0.3) is 0 Å². The van der Waals surface area contributed by atoms with Gasteiger partial charge in [-0.15, -0.1) is 0 Å². The minimum Gasteiger partial charge on any atom is -0.373 e. The minimum atomic E-state index is -4.89. The van der Waals surface area contributed by atoms with Crippen LogP contribution in [0, 0.1) is 17.8 Å². The largest absolute Gasteiger partial charge is 0.450 e. The molecule has 23 heavy (non-hydrogen) atoms. The molecule has 3 nitrogen and oxygen atoms in total. The summed E-state index contributed by atoms with van der Waals surface area (Å²) in [6.07, 6.45) is -2.55. The van der Waals surface area contributed by atoms with Gasteiger partial charge in [0, 0.05) is 25.4 Å². The zero-order valence-corrected chi connectivity index (χ0v) is 14.1. The summed E-state index contributed by atoms with van der Waals surface area (Å²) in [5.74, 6) is -3.60. The average molecular weight is 334 g/mol. The van der Waals surface area contributed by atoms with Crippen molar-refractivity contribution in [3.63, 3.8) is 0 Å². The van der Waals surface area contributed by atoms with E-state index in [2.05, 4.69) is 13.8 Å². The van der Waals surface area contributed by atoms with Crippen LogP contribution in [0.4, 0.5) is 13.2 Å². The molecule has 1 rings (SSSR count). The highest BCUT2D eigenvalue weighted by atomic mass is 19.4. The van der Waals surface area contributed by atoms with E-state index < -0.39 is 29.9 Å². The number of alkyl halides is 3. The highest BCUT2D eigenvalue weighted by Gasteiger charge is 2.51. The Labute approximate surface area is 135 Å².